The number of aromatic nitrogens is 2. The molecule has 0 saturated heterocycles. The van der Waals surface area contributed by atoms with Crippen LogP contribution in [0.4, 0.5) is 18.9 Å². The molecule has 1 aromatic carbocycles. The van der Waals surface area contributed by atoms with E-state index in [2.05, 4.69) is 10.4 Å². The lowest BCUT2D eigenvalue weighted by Gasteiger charge is -2.12. The zero-order valence-electron chi connectivity index (χ0n) is 10.7. The van der Waals surface area contributed by atoms with Crippen LogP contribution in [0.15, 0.2) is 30.5 Å². The van der Waals surface area contributed by atoms with Crippen molar-refractivity contribution in [2.24, 2.45) is 0 Å². The van der Waals surface area contributed by atoms with Crippen LogP contribution in [0.5, 0.6) is 0 Å². The molecule has 0 atom stereocenters. The Bertz CT molecular complexity index is 593. The lowest BCUT2D eigenvalue weighted by Crippen LogP contribution is -2.09. The van der Waals surface area contributed by atoms with Gasteiger partial charge in [-0.25, -0.2) is 0 Å². The van der Waals surface area contributed by atoms with Crippen molar-refractivity contribution in [1.29, 1.82) is 0 Å². The number of nitrogens with zero attached hydrogens (tertiary/aromatic N) is 2. The summed E-state index contributed by atoms with van der Waals surface area (Å²) in [4.78, 5) is 0. The molecular weight excluding hydrogens is 291 g/mol. The van der Waals surface area contributed by atoms with Crippen molar-refractivity contribution < 1.29 is 13.2 Å². The van der Waals surface area contributed by atoms with Crippen LogP contribution < -0.4 is 5.32 Å². The van der Waals surface area contributed by atoms with E-state index < -0.39 is 11.7 Å². The summed E-state index contributed by atoms with van der Waals surface area (Å²) in [7, 11) is 0. The first-order valence-electron chi connectivity index (χ1n) is 6.03. The van der Waals surface area contributed by atoms with Gasteiger partial charge in [-0.05, 0) is 31.2 Å². The van der Waals surface area contributed by atoms with E-state index in [1.807, 2.05) is 13.0 Å². The second-order valence-electron chi connectivity index (χ2n) is 4.18. The molecule has 0 saturated carbocycles. The first-order chi connectivity index (χ1) is 9.41. The second-order valence-corrected chi connectivity index (χ2v) is 4.59. The fourth-order valence-electron chi connectivity index (χ4n) is 1.82. The minimum atomic E-state index is -4.39. The Morgan fingerprint density at radius 3 is 2.65 bits per heavy atom. The lowest BCUT2D eigenvalue weighted by molar-refractivity contribution is -0.137. The number of hydrogen-bond donors (Lipinski definition) is 1. The molecule has 0 aliphatic rings. The van der Waals surface area contributed by atoms with Gasteiger partial charge in [0.1, 0.15) is 0 Å². The molecule has 0 fully saturated rings. The molecular formula is C13H13ClF3N3. The van der Waals surface area contributed by atoms with Gasteiger partial charge in [0.15, 0.2) is 0 Å². The van der Waals surface area contributed by atoms with E-state index in [0.717, 1.165) is 24.4 Å². The number of hydrogen-bond acceptors (Lipinski definition) is 2. The molecule has 0 aliphatic carbocycles. The molecule has 3 nitrogen and oxygen atoms in total. The Morgan fingerprint density at radius 2 is 2.05 bits per heavy atom. The van der Waals surface area contributed by atoms with E-state index in [4.69, 9.17) is 11.6 Å². The molecule has 0 radical (unpaired) electrons. The van der Waals surface area contributed by atoms with Crippen molar-refractivity contribution in [2.75, 3.05) is 5.32 Å². The van der Waals surface area contributed by atoms with Crippen molar-refractivity contribution in [3.05, 3.63) is 46.7 Å². The molecule has 0 bridgehead atoms. The summed E-state index contributed by atoms with van der Waals surface area (Å²) in [5.41, 5.74) is 0.638. The molecule has 2 aromatic rings. The van der Waals surface area contributed by atoms with Crippen LogP contribution in [0, 0.1) is 0 Å². The SMILES string of the molecule is CCn1nccc1CNc1ccc(C(F)(F)F)cc1Cl. The monoisotopic (exact) mass is 303 g/mol. The van der Waals surface area contributed by atoms with Crippen molar-refractivity contribution in [3.8, 4) is 0 Å². The Hall–Kier alpha value is -1.69. The van der Waals surface area contributed by atoms with E-state index in [-0.39, 0.29) is 5.02 Å². The Labute approximate surface area is 119 Å². The van der Waals surface area contributed by atoms with Crippen LogP contribution in [0.2, 0.25) is 5.02 Å². The Morgan fingerprint density at radius 1 is 1.30 bits per heavy atom. The topological polar surface area (TPSA) is 29.9 Å². The maximum Gasteiger partial charge on any atom is 0.416 e. The van der Waals surface area contributed by atoms with Gasteiger partial charge in [0.2, 0.25) is 0 Å². The molecule has 108 valence electrons. The van der Waals surface area contributed by atoms with Crippen LogP contribution >= 0.6 is 11.6 Å². The number of nitrogens with one attached hydrogen (secondary N) is 1. The molecule has 2 rings (SSSR count). The van der Waals surface area contributed by atoms with E-state index in [9.17, 15) is 13.2 Å². The quantitative estimate of drug-likeness (QED) is 0.918. The molecule has 0 spiro atoms. The molecule has 1 aromatic heterocycles. The molecule has 1 N–H and O–H groups in total. The van der Waals surface area contributed by atoms with Gasteiger partial charge >= 0.3 is 6.18 Å². The first kappa shape index (κ1) is 14.7. The summed E-state index contributed by atoms with van der Waals surface area (Å²) in [6, 6.07) is 5.10. The number of anilines is 1. The third-order valence-electron chi connectivity index (χ3n) is 2.86. The number of aryl methyl sites for hydroxylation is 1. The fourth-order valence-corrected chi connectivity index (χ4v) is 2.06. The molecule has 20 heavy (non-hydrogen) atoms. The highest BCUT2D eigenvalue weighted by molar-refractivity contribution is 6.33. The van der Waals surface area contributed by atoms with Gasteiger partial charge in [-0.2, -0.15) is 18.3 Å². The van der Waals surface area contributed by atoms with Crippen LogP contribution in [0.25, 0.3) is 0 Å². The predicted octanol–water partition coefficient (Wildman–Crippen LogP) is 4.19. The van der Waals surface area contributed by atoms with E-state index in [1.54, 1.807) is 10.9 Å². The van der Waals surface area contributed by atoms with Gasteiger partial charge < -0.3 is 5.32 Å². The van der Waals surface area contributed by atoms with Crippen molar-refractivity contribution in [1.82, 2.24) is 9.78 Å². The standard InChI is InChI=1S/C13H13ClF3N3/c1-2-20-10(5-6-19-20)8-18-12-4-3-9(7-11(12)14)13(15,16)17/h3-7,18H,2,8H2,1H3. The van der Waals surface area contributed by atoms with Crippen molar-refractivity contribution >= 4 is 17.3 Å². The van der Waals surface area contributed by atoms with Gasteiger partial charge in [0.05, 0.1) is 28.5 Å². The zero-order valence-corrected chi connectivity index (χ0v) is 11.5. The van der Waals surface area contributed by atoms with E-state index >= 15 is 0 Å². The zero-order chi connectivity index (χ0) is 14.8. The molecule has 0 unspecified atom stereocenters. The first-order valence-corrected chi connectivity index (χ1v) is 6.41. The highest BCUT2D eigenvalue weighted by Crippen LogP contribution is 2.33. The van der Waals surface area contributed by atoms with Crippen molar-refractivity contribution in [3.63, 3.8) is 0 Å². The van der Waals surface area contributed by atoms with E-state index in [1.165, 1.54) is 6.07 Å². The summed E-state index contributed by atoms with van der Waals surface area (Å²) in [5, 5.41) is 7.16. The summed E-state index contributed by atoms with van der Waals surface area (Å²) >= 11 is 5.86. The van der Waals surface area contributed by atoms with Crippen LogP contribution in [0.3, 0.4) is 0 Å². The van der Waals surface area contributed by atoms with Crippen LogP contribution in [-0.4, -0.2) is 9.78 Å². The molecule has 1 heterocycles. The Balaban J connectivity index is 2.11. The summed E-state index contributed by atoms with van der Waals surface area (Å²) in [6.45, 7) is 3.13. The van der Waals surface area contributed by atoms with E-state index in [0.29, 0.717) is 12.2 Å². The molecule has 0 aliphatic heterocycles. The van der Waals surface area contributed by atoms with Crippen LogP contribution in [0.1, 0.15) is 18.2 Å². The number of alkyl halides is 3. The second kappa shape index (κ2) is 5.75. The number of halogens is 4. The van der Waals surface area contributed by atoms with Gasteiger partial charge in [-0.1, -0.05) is 11.6 Å². The third kappa shape index (κ3) is 3.25. The maximum atomic E-state index is 12.5. The van der Waals surface area contributed by atoms with Gasteiger partial charge in [-0.15, -0.1) is 0 Å². The van der Waals surface area contributed by atoms with Gasteiger partial charge in [0, 0.05) is 12.7 Å². The van der Waals surface area contributed by atoms with Crippen molar-refractivity contribution in [2.45, 2.75) is 26.2 Å². The maximum absolute atomic E-state index is 12.5. The number of rotatable bonds is 4. The molecule has 7 heteroatoms. The fraction of sp³-hybridized carbons (Fsp3) is 0.308. The minimum Gasteiger partial charge on any atom is -0.378 e. The summed E-state index contributed by atoms with van der Waals surface area (Å²) in [6.07, 6.45) is -2.71. The average molecular weight is 304 g/mol. The van der Waals surface area contributed by atoms with Gasteiger partial charge in [-0.3, -0.25) is 4.68 Å². The summed E-state index contributed by atoms with van der Waals surface area (Å²) < 4.78 is 39.3. The average Bonchev–Trinajstić information content (AvgIpc) is 2.83. The highest BCUT2D eigenvalue weighted by Gasteiger charge is 2.30. The molecule has 0 amide bonds. The van der Waals surface area contributed by atoms with Crippen LogP contribution in [-0.2, 0) is 19.3 Å². The highest BCUT2D eigenvalue weighted by atomic mass is 35.5. The third-order valence-corrected chi connectivity index (χ3v) is 3.17. The number of benzene rings is 1. The largest absolute Gasteiger partial charge is 0.416 e. The lowest BCUT2D eigenvalue weighted by atomic mass is 10.2. The van der Waals surface area contributed by atoms with Gasteiger partial charge in [0.25, 0.3) is 0 Å². The predicted molar refractivity (Wildman–Crippen MR) is 71.7 cm³/mol. The summed E-state index contributed by atoms with van der Waals surface area (Å²) in [5.74, 6) is 0. The minimum absolute atomic E-state index is 0.0439. The smallest absolute Gasteiger partial charge is 0.378 e. The normalized spacial score (nSPS) is 11.7. The Kier molecular flexibility index (Phi) is 4.23.